The Morgan fingerprint density at radius 1 is 1.00 bits per heavy atom. The fourth-order valence-electron chi connectivity index (χ4n) is 1.53. The van der Waals surface area contributed by atoms with Gasteiger partial charge in [0.25, 0.3) is 0 Å². The normalized spacial score (nSPS) is 10.1. The van der Waals surface area contributed by atoms with Crippen molar-refractivity contribution in [2.75, 3.05) is 11.0 Å². The van der Waals surface area contributed by atoms with Gasteiger partial charge in [-0.3, -0.25) is 0 Å². The summed E-state index contributed by atoms with van der Waals surface area (Å²) in [6.45, 7) is 0. The number of hydrogen-bond acceptors (Lipinski definition) is 2. The second-order valence-electron chi connectivity index (χ2n) is 3.36. The molecule has 0 spiro atoms. The molecular formula is C13H12FNS. The van der Waals surface area contributed by atoms with Gasteiger partial charge in [0.05, 0.1) is 0 Å². The van der Waals surface area contributed by atoms with Gasteiger partial charge in [0, 0.05) is 17.5 Å². The first-order valence-corrected chi connectivity index (χ1v) is 6.17. The third-order valence-electron chi connectivity index (χ3n) is 2.29. The van der Waals surface area contributed by atoms with Gasteiger partial charge in [0.1, 0.15) is 5.82 Å². The molecule has 0 unspecified atom stereocenters. The van der Waals surface area contributed by atoms with Crippen LogP contribution in [0.15, 0.2) is 48.5 Å². The summed E-state index contributed by atoms with van der Waals surface area (Å²) in [5, 5.41) is 0. The van der Waals surface area contributed by atoms with Gasteiger partial charge < -0.3 is 4.72 Å². The van der Waals surface area contributed by atoms with Crippen molar-refractivity contribution in [2.45, 2.75) is 0 Å². The third kappa shape index (κ3) is 2.36. The molecule has 0 bridgehead atoms. The molecule has 2 rings (SSSR count). The lowest BCUT2D eigenvalue weighted by molar-refractivity contribution is 0.631. The molecule has 3 heteroatoms. The van der Waals surface area contributed by atoms with Crippen LogP contribution in [0, 0.1) is 5.82 Å². The largest absolute Gasteiger partial charge is 0.330 e. The second kappa shape index (κ2) is 5.03. The zero-order valence-electron chi connectivity index (χ0n) is 8.91. The Balaban J connectivity index is 2.31. The zero-order valence-corrected chi connectivity index (χ0v) is 9.72. The molecular weight excluding hydrogens is 221 g/mol. The highest BCUT2D eigenvalue weighted by atomic mass is 32.2. The van der Waals surface area contributed by atoms with E-state index in [-0.39, 0.29) is 5.82 Å². The van der Waals surface area contributed by atoms with Crippen LogP contribution in [0.4, 0.5) is 10.1 Å². The maximum atomic E-state index is 13.5. The van der Waals surface area contributed by atoms with Gasteiger partial charge in [-0.2, -0.15) is 0 Å². The SMILES string of the molecule is CSNc1ccc(-c2ccccc2F)cc1. The molecule has 0 aliphatic rings. The number of nitrogens with one attached hydrogen (secondary N) is 1. The molecule has 0 saturated heterocycles. The van der Waals surface area contributed by atoms with E-state index in [0.29, 0.717) is 5.56 Å². The fourth-order valence-corrected chi connectivity index (χ4v) is 1.90. The number of benzene rings is 2. The smallest absolute Gasteiger partial charge is 0.131 e. The van der Waals surface area contributed by atoms with E-state index in [9.17, 15) is 4.39 Å². The number of halogens is 1. The molecule has 0 fully saturated rings. The molecule has 1 N–H and O–H groups in total. The Labute approximate surface area is 98.8 Å². The highest BCUT2D eigenvalue weighted by Crippen LogP contribution is 2.24. The Morgan fingerprint density at radius 3 is 2.31 bits per heavy atom. The average molecular weight is 233 g/mol. The van der Waals surface area contributed by atoms with E-state index in [2.05, 4.69) is 4.72 Å². The van der Waals surface area contributed by atoms with Crippen LogP contribution in [-0.4, -0.2) is 6.26 Å². The molecule has 0 heterocycles. The van der Waals surface area contributed by atoms with Crippen molar-refractivity contribution in [2.24, 2.45) is 0 Å². The summed E-state index contributed by atoms with van der Waals surface area (Å²) in [5.74, 6) is -0.187. The van der Waals surface area contributed by atoms with E-state index in [4.69, 9.17) is 0 Å². The minimum atomic E-state index is -0.187. The first-order valence-electron chi connectivity index (χ1n) is 4.95. The molecule has 0 aromatic heterocycles. The molecule has 16 heavy (non-hydrogen) atoms. The van der Waals surface area contributed by atoms with Gasteiger partial charge in [0.15, 0.2) is 0 Å². The van der Waals surface area contributed by atoms with Crippen LogP contribution in [0.5, 0.6) is 0 Å². The van der Waals surface area contributed by atoms with Crippen molar-refractivity contribution < 1.29 is 4.39 Å². The molecule has 0 aliphatic carbocycles. The van der Waals surface area contributed by atoms with Crippen molar-refractivity contribution in [3.8, 4) is 11.1 Å². The minimum Gasteiger partial charge on any atom is -0.330 e. The predicted octanol–water partition coefficient (Wildman–Crippen LogP) is 4.18. The van der Waals surface area contributed by atoms with Crippen LogP contribution >= 0.6 is 11.9 Å². The molecule has 82 valence electrons. The van der Waals surface area contributed by atoms with Gasteiger partial charge >= 0.3 is 0 Å². The molecule has 0 aliphatic heterocycles. The molecule has 0 amide bonds. The van der Waals surface area contributed by atoms with Crippen LogP contribution in [0.1, 0.15) is 0 Å². The summed E-state index contributed by atoms with van der Waals surface area (Å²) in [6.07, 6.45) is 1.96. The monoisotopic (exact) mass is 233 g/mol. The molecule has 2 aromatic rings. The molecule has 0 radical (unpaired) electrons. The Bertz CT molecular complexity index is 468. The standard InChI is InChI=1S/C13H12FNS/c1-16-15-11-8-6-10(7-9-11)12-4-2-3-5-13(12)14/h2-9,15H,1H3. The van der Waals surface area contributed by atoms with E-state index >= 15 is 0 Å². The second-order valence-corrected chi connectivity index (χ2v) is 3.98. The Morgan fingerprint density at radius 2 is 1.69 bits per heavy atom. The van der Waals surface area contributed by atoms with Gasteiger partial charge in [-0.25, -0.2) is 4.39 Å². The van der Waals surface area contributed by atoms with E-state index in [0.717, 1.165) is 11.3 Å². The van der Waals surface area contributed by atoms with E-state index in [1.165, 1.54) is 18.0 Å². The van der Waals surface area contributed by atoms with E-state index < -0.39 is 0 Å². The van der Waals surface area contributed by atoms with E-state index in [1.54, 1.807) is 12.1 Å². The Kier molecular flexibility index (Phi) is 3.47. The number of rotatable bonds is 3. The lowest BCUT2D eigenvalue weighted by Crippen LogP contribution is -1.86. The van der Waals surface area contributed by atoms with Gasteiger partial charge in [-0.05, 0) is 23.8 Å². The topological polar surface area (TPSA) is 12.0 Å². The molecule has 0 saturated carbocycles. The van der Waals surface area contributed by atoms with Gasteiger partial charge in [-0.15, -0.1) is 0 Å². The maximum absolute atomic E-state index is 13.5. The Hall–Kier alpha value is -1.48. The summed E-state index contributed by atoms with van der Waals surface area (Å²) >= 11 is 1.54. The quantitative estimate of drug-likeness (QED) is 0.798. The number of anilines is 1. The minimum absolute atomic E-state index is 0.187. The summed E-state index contributed by atoms with van der Waals surface area (Å²) in [7, 11) is 0. The van der Waals surface area contributed by atoms with Crippen LogP contribution in [0.2, 0.25) is 0 Å². The lowest BCUT2D eigenvalue weighted by atomic mass is 10.1. The summed E-state index contributed by atoms with van der Waals surface area (Å²) in [4.78, 5) is 0. The lowest BCUT2D eigenvalue weighted by Gasteiger charge is -2.05. The molecule has 2 aromatic carbocycles. The van der Waals surface area contributed by atoms with Crippen molar-refractivity contribution >= 4 is 17.6 Å². The van der Waals surface area contributed by atoms with Gasteiger partial charge in [0.2, 0.25) is 0 Å². The number of hydrogen-bond donors (Lipinski definition) is 1. The first kappa shape index (κ1) is 11.0. The average Bonchev–Trinajstić information content (AvgIpc) is 2.31. The van der Waals surface area contributed by atoms with Crippen LogP contribution in [0.25, 0.3) is 11.1 Å². The van der Waals surface area contributed by atoms with Gasteiger partial charge in [-0.1, -0.05) is 42.3 Å². The highest BCUT2D eigenvalue weighted by Gasteiger charge is 2.03. The van der Waals surface area contributed by atoms with Crippen LogP contribution in [0.3, 0.4) is 0 Å². The fraction of sp³-hybridized carbons (Fsp3) is 0.0769. The summed E-state index contributed by atoms with van der Waals surface area (Å²) in [6, 6.07) is 14.5. The van der Waals surface area contributed by atoms with Crippen molar-refractivity contribution in [3.63, 3.8) is 0 Å². The summed E-state index contributed by atoms with van der Waals surface area (Å²) < 4.78 is 16.6. The van der Waals surface area contributed by atoms with E-state index in [1.807, 2.05) is 36.6 Å². The first-order chi connectivity index (χ1) is 7.81. The van der Waals surface area contributed by atoms with Crippen molar-refractivity contribution in [1.82, 2.24) is 0 Å². The van der Waals surface area contributed by atoms with Crippen molar-refractivity contribution in [3.05, 3.63) is 54.3 Å². The van der Waals surface area contributed by atoms with Crippen molar-refractivity contribution in [1.29, 1.82) is 0 Å². The summed E-state index contributed by atoms with van der Waals surface area (Å²) in [5.41, 5.74) is 2.55. The predicted molar refractivity (Wildman–Crippen MR) is 69.0 cm³/mol. The molecule has 0 atom stereocenters. The van der Waals surface area contributed by atoms with Crippen LogP contribution in [-0.2, 0) is 0 Å². The third-order valence-corrected chi connectivity index (χ3v) is 2.73. The van der Waals surface area contributed by atoms with Crippen LogP contribution < -0.4 is 4.72 Å². The molecule has 1 nitrogen and oxygen atoms in total. The zero-order chi connectivity index (χ0) is 11.4. The maximum Gasteiger partial charge on any atom is 0.131 e. The highest BCUT2D eigenvalue weighted by molar-refractivity contribution is 7.99.